The second-order valence-corrected chi connectivity index (χ2v) is 7.24. The molecule has 0 radical (unpaired) electrons. The Kier molecular flexibility index (Phi) is 3.35. The Hall–Kier alpha value is -1.67. The number of aromatic nitrogens is 1. The molecule has 0 saturated carbocycles. The van der Waals surface area contributed by atoms with Crippen molar-refractivity contribution in [2.45, 2.75) is 30.5 Å². The summed E-state index contributed by atoms with van der Waals surface area (Å²) in [6.07, 6.45) is 2.26. The molecule has 0 amide bonds. The number of fused-ring (bicyclic) bond motifs is 1. The highest BCUT2D eigenvalue weighted by Gasteiger charge is 2.23. The van der Waals surface area contributed by atoms with E-state index in [0.29, 0.717) is 0 Å². The summed E-state index contributed by atoms with van der Waals surface area (Å²) >= 11 is 1.89. The largest absolute Gasteiger partial charge is 0.332 e. The lowest BCUT2D eigenvalue weighted by molar-refractivity contribution is 0.555. The minimum absolute atomic E-state index is 0.0186. The van der Waals surface area contributed by atoms with Gasteiger partial charge in [0.25, 0.3) is 0 Å². The maximum atomic E-state index is 2.38. The first-order valence-electron chi connectivity index (χ1n) is 6.89. The molecule has 0 atom stereocenters. The fourth-order valence-corrected chi connectivity index (χ4v) is 3.74. The van der Waals surface area contributed by atoms with Gasteiger partial charge in [0.2, 0.25) is 0 Å². The van der Waals surface area contributed by atoms with Gasteiger partial charge in [-0.25, -0.2) is 0 Å². The second kappa shape index (κ2) is 5.02. The molecule has 0 fully saturated rings. The fraction of sp³-hybridized carbons (Fsp3) is 0.222. The first-order chi connectivity index (χ1) is 9.58. The van der Waals surface area contributed by atoms with Crippen molar-refractivity contribution >= 4 is 22.7 Å². The first kappa shape index (κ1) is 13.3. The molecule has 0 N–H and O–H groups in total. The maximum Gasteiger partial charge on any atom is 0.0893 e. The zero-order chi connectivity index (χ0) is 14.2. The topological polar surface area (TPSA) is 4.93 Å². The van der Waals surface area contributed by atoms with Gasteiger partial charge in [0, 0.05) is 22.0 Å². The highest BCUT2D eigenvalue weighted by molar-refractivity contribution is 8.00. The van der Waals surface area contributed by atoms with E-state index in [1.165, 1.54) is 21.4 Å². The van der Waals surface area contributed by atoms with E-state index in [-0.39, 0.29) is 4.87 Å². The summed E-state index contributed by atoms with van der Waals surface area (Å²) in [5.74, 6) is 0. The van der Waals surface area contributed by atoms with Gasteiger partial charge >= 0.3 is 0 Å². The van der Waals surface area contributed by atoms with Crippen LogP contribution in [0.3, 0.4) is 0 Å². The molecule has 0 saturated heterocycles. The summed E-state index contributed by atoms with van der Waals surface area (Å²) in [7, 11) is 0. The zero-order valence-electron chi connectivity index (χ0n) is 12.1. The average Bonchev–Trinajstić information content (AvgIpc) is 2.78. The molecule has 0 unspecified atom stereocenters. The molecule has 0 spiro atoms. The Morgan fingerprint density at radius 3 is 2.30 bits per heavy atom. The highest BCUT2D eigenvalue weighted by Crippen LogP contribution is 2.39. The van der Waals surface area contributed by atoms with Gasteiger partial charge in [0.1, 0.15) is 0 Å². The molecule has 1 aromatic heterocycles. The van der Waals surface area contributed by atoms with Gasteiger partial charge in [-0.3, -0.25) is 0 Å². The van der Waals surface area contributed by atoms with Gasteiger partial charge in [-0.2, -0.15) is 0 Å². The van der Waals surface area contributed by atoms with E-state index in [2.05, 4.69) is 86.1 Å². The van der Waals surface area contributed by atoms with Gasteiger partial charge < -0.3 is 4.57 Å². The summed E-state index contributed by atoms with van der Waals surface area (Å²) in [5.41, 5.74) is 2.64. The quantitative estimate of drug-likeness (QED) is 0.579. The standard InChI is InChI=1S/C18H19NS/c1-14-13-19(17-12-8-7-11-16(14)17)18(2,3)20-15-9-5-4-6-10-15/h4-13H,1-3H3. The predicted molar refractivity (Wildman–Crippen MR) is 88.3 cm³/mol. The van der Waals surface area contributed by atoms with Crippen LogP contribution in [0, 0.1) is 6.92 Å². The van der Waals surface area contributed by atoms with Crippen molar-refractivity contribution in [3.05, 3.63) is 66.4 Å². The van der Waals surface area contributed by atoms with E-state index in [0.717, 1.165) is 0 Å². The van der Waals surface area contributed by atoms with Gasteiger partial charge in [0.15, 0.2) is 0 Å². The lowest BCUT2D eigenvalue weighted by atomic mass is 10.2. The van der Waals surface area contributed by atoms with Crippen molar-refractivity contribution in [3.8, 4) is 0 Å². The van der Waals surface area contributed by atoms with Crippen LogP contribution in [0.1, 0.15) is 19.4 Å². The van der Waals surface area contributed by atoms with E-state index in [9.17, 15) is 0 Å². The second-order valence-electron chi connectivity index (χ2n) is 5.56. The minimum atomic E-state index is -0.0186. The third kappa shape index (κ3) is 2.36. The lowest BCUT2D eigenvalue weighted by Gasteiger charge is -2.27. The van der Waals surface area contributed by atoms with E-state index in [1.807, 2.05) is 11.8 Å². The van der Waals surface area contributed by atoms with Gasteiger partial charge in [-0.15, -0.1) is 0 Å². The summed E-state index contributed by atoms with van der Waals surface area (Å²) < 4.78 is 2.38. The first-order valence-corrected chi connectivity index (χ1v) is 7.71. The summed E-state index contributed by atoms with van der Waals surface area (Å²) in [4.78, 5) is 1.28. The van der Waals surface area contributed by atoms with Crippen LogP contribution in [0.4, 0.5) is 0 Å². The highest BCUT2D eigenvalue weighted by atomic mass is 32.2. The molecule has 3 aromatic rings. The van der Waals surface area contributed by atoms with Gasteiger partial charge in [-0.05, 0) is 44.5 Å². The Morgan fingerprint density at radius 2 is 1.55 bits per heavy atom. The Balaban J connectivity index is 2.05. The average molecular weight is 281 g/mol. The van der Waals surface area contributed by atoms with E-state index in [1.54, 1.807) is 0 Å². The molecule has 102 valence electrons. The van der Waals surface area contributed by atoms with E-state index in [4.69, 9.17) is 0 Å². The number of nitrogens with zero attached hydrogens (tertiary/aromatic N) is 1. The fourth-order valence-electron chi connectivity index (χ4n) is 2.62. The minimum Gasteiger partial charge on any atom is -0.332 e. The van der Waals surface area contributed by atoms with Crippen molar-refractivity contribution in [2.75, 3.05) is 0 Å². The zero-order valence-corrected chi connectivity index (χ0v) is 12.9. The van der Waals surface area contributed by atoms with Crippen LogP contribution >= 0.6 is 11.8 Å². The lowest BCUT2D eigenvalue weighted by Crippen LogP contribution is -2.20. The van der Waals surface area contributed by atoms with Crippen LogP contribution in [0.25, 0.3) is 10.9 Å². The molecule has 2 heteroatoms. The molecule has 0 aliphatic carbocycles. The Bertz CT molecular complexity index is 726. The molecular weight excluding hydrogens is 262 g/mol. The molecule has 2 aromatic carbocycles. The summed E-state index contributed by atoms with van der Waals surface area (Å²) in [6, 6.07) is 19.2. The van der Waals surface area contributed by atoms with Crippen molar-refractivity contribution in [2.24, 2.45) is 0 Å². The van der Waals surface area contributed by atoms with Crippen molar-refractivity contribution in [1.82, 2.24) is 4.57 Å². The van der Waals surface area contributed by atoms with Crippen LogP contribution < -0.4 is 0 Å². The van der Waals surface area contributed by atoms with Crippen LogP contribution in [-0.2, 0) is 4.87 Å². The van der Waals surface area contributed by atoms with Gasteiger partial charge in [0.05, 0.1) is 4.87 Å². The monoisotopic (exact) mass is 281 g/mol. The van der Waals surface area contributed by atoms with Crippen molar-refractivity contribution < 1.29 is 0 Å². The molecule has 0 aliphatic rings. The number of aryl methyl sites for hydroxylation is 1. The molecule has 0 bridgehead atoms. The Morgan fingerprint density at radius 1 is 0.900 bits per heavy atom. The predicted octanol–water partition coefficient (Wildman–Crippen LogP) is 5.43. The summed E-state index contributed by atoms with van der Waals surface area (Å²) in [6.45, 7) is 6.73. The molecule has 20 heavy (non-hydrogen) atoms. The number of hydrogen-bond acceptors (Lipinski definition) is 1. The van der Waals surface area contributed by atoms with Crippen LogP contribution in [-0.4, -0.2) is 4.57 Å². The molecule has 3 rings (SSSR count). The van der Waals surface area contributed by atoms with Crippen LogP contribution in [0.15, 0.2) is 65.7 Å². The van der Waals surface area contributed by atoms with Gasteiger partial charge in [-0.1, -0.05) is 48.2 Å². The van der Waals surface area contributed by atoms with E-state index < -0.39 is 0 Å². The molecule has 0 aliphatic heterocycles. The van der Waals surface area contributed by atoms with Crippen molar-refractivity contribution in [1.29, 1.82) is 0 Å². The third-order valence-corrected chi connectivity index (χ3v) is 4.81. The number of rotatable bonds is 3. The normalized spacial score (nSPS) is 11.9. The number of hydrogen-bond donors (Lipinski definition) is 0. The smallest absolute Gasteiger partial charge is 0.0893 e. The number of benzene rings is 2. The Labute approximate surface area is 124 Å². The number of thioether (sulfide) groups is 1. The SMILES string of the molecule is Cc1cn(C(C)(C)Sc2ccccc2)c2ccccc12. The van der Waals surface area contributed by atoms with Crippen molar-refractivity contribution in [3.63, 3.8) is 0 Å². The van der Waals surface area contributed by atoms with Crippen LogP contribution in [0.2, 0.25) is 0 Å². The van der Waals surface area contributed by atoms with E-state index >= 15 is 0 Å². The maximum absolute atomic E-state index is 2.38. The molecule has 1 heterocycles. The number of para-hydroxylation sites is 1. The summed E-state index contributed by atoms with van der Waals surface area (Å²) in [5, 5.41) is 1.34. The van der Waals surface area contributed by atoms with Crippen LogP contribution in [0.5, 0.6) is 0 Å². The molecular formula is C18H19NS. The molecule has 1 nitrogen and oxygen atoms in total. The third-order valence-electron chi connectivity index (χ3n) is 3.60.